The molecule has 1 aliphatic heterocycles. The van der Waals surface area contributed by atoms with Gasteiger partial charge in [0.25, 0.3) is 5.91 Å². The summed E-state index contributed by atoms with van der Waals surface area (Å²) < 4.78 is 13.9. The van der Waals surface area contributed by atoms with Crippen LogP contribution in [0.3, 0.4) is 0 Å². The van der Waals surface area contributed by atoms with Crippen LogP contribution in [0.2, 0.25) is 5.02 Å². The predicted octanol–water partition coefficient (Wildman–Crippen LogP) is 1.30. The first-order chi connectivity index (χ1) is 13.5. The maximum atomic E-state index is 13.9. The fourth-order valence-electron chi connectivity index (χ4n) is 3.50. The number of carbonyl (C=O) groups excluding carboxylic acids is 1. The van der Waals surface area contributed by atoms with Crippen molar-refractivity contribution in [3.05, 3.63) is 71.0 Å². The van der Waals surface area contributed by atoms with Crippen LogP contribution in [0, 0.1) is 5.82 Å². The maximum absolute atomic E-state index is 13.9. The second-order valence-electron chi connectivity index (χ2n) is 7.26. The standard InChI is InChI=1S/C22H25ClFN3O/c1-17(22(28)25-21-10-9-19(23)16-20(21)24)27-14-12-26(13-15-27)11-5-8-18-6-3-2-4-7-18/h2-10,16-17H,11-15H2,1H3,(H,25,28)/p+2/b8-5+/t17-/m0/s1. The number of carbonyl (C=O) groups is 1. The Morgan fingerprint density at radius 1 is 1.18 bits per heavy atom. The van der Waals surface area contributed by atoms with Crippen LogP contribution in [-0.2, 0) is 4.79 Å². The number of hydrogen-bond donors (Lipinski definition) is 3. The summed E-state index contributed by atoms with van der Waals surface area (Å²) >= 11 is 5.76. The van der Waals surface area contributed by atoms with Gasteiger partial charge in [-0.3, -0.25) is 4.79 Å². The molecule has 0 bridgehead atoms. The molecule has 1 fully saturated rings. The minimum absolute atomic E-state index is 0.163. The number of benzene rings is 2. The molecule has 6 heteroatoms. The largest absolute Gasteiger partial charge is 0.322 e. The molecule has 2 aromatic carbocycles. The lowest BCUT2D eigenvalue weighted by Gasteiger charge is -2.32. The van der Waals surface area contributed by atoms with Gasteiger partial charge in [0.2, 0.25) is 0 Å². The smallest absolute Gasteiger partial charge is 0.282 e. The van der Waals surface area contributed by atoms with Crippen LogP contribution >= 0.6 is 11.6 Å². The first kappa shape index (κ1) is 20.5. The van der Waals surface area contributed by atoms with E-state index in [1.54, 1.807) is 6.07 Å². The van der Waals surface area contributed by atoms with E-state index in [1.807, 2.05) is 25.1 Å². The highest BCUT2D eigenvalue weighted by Crippen LogP contribution is 2.18. The van der Waals surface area contributed by atoms with Crippen LogP contribution in [0.25, 0.3) is 6.08 Å². The van der Waals surface area contributed by atoms with E-state index in [0.29, 0.717) is 5.02 Å². The molecule has 148 valence electrons. The van der Waals surface area contributed by atoms with E-state index in [9.17, 15) is 9.18 Å². The SMILES string of the molecule is C[C@@H](C(=O)Nc1ccc(Cl)cc1F)[NH+]1CC[NH+](C/C=C/c2ccccc2)CC1. The normalized spacial score (nSPS) is 20.8. The minimum Gasteiger partial charge on any atom is -0.322 e. The Kier molecular flexibility index (Phi) is 7.20. The average molecular weight is 404 g/mol. The van der Waals surface area contributed by atoms with Gasteiger partial charge in [0.05, 0.1) is 12.2 Å². The molecule has 3 rings (SSSR count). The zero-order chi connectivity index (χ0) is 19.9. The third-order valence-electron chi connectivity index (χ3n) is 5.31. The van der Waals surface area contributed by atoms with E-state index in [2.05, 4.69) is 29.6 Å². The van der Waals surface area contributed by atoms with Crippen LogP contribution < -0.4 is 15.1 Å². The van der Waals surface area contributed by atoms with E-state index in [4.69, 9.17) is 11.6 Å². The zero-order valence-corrected chi connectivity index (χ0v) is 16.8. The van der Waals surface area contributed by atoms with Gasteiger partial charge in [0.15, 0.2) is 6.04 Å². The molecule has 28 heavy (non-hydrogen) atoms. The Morgan fingerprint density at radius 2 is 1.89 bits per heavy atom. The predicted molar refractivity (Wildman–Crippen MR) is 111 cm³/mol. The van der Waals surface area contributed by atoms with Gasteiger partial charge in [-0.25, -0.2) is 4.39 Å². The van der Waals surface area contributed by atoms with Crippen molar-refractivity contribution in [2.45, 2.75) is 13.0 Å². The van der Waals surface area contributed by atoms with Crippen LogP contribution in [0.4, 0.5) is 10.1 Å². The molecule has 3 N–H and O–H groups in total. The van der Waals surface area contributed by atoms with Gasteiger partial charge < -0.3 is 15.1 Å². The summed E-state index contributed by atoms with van der Waals surface area (Å²) in [6.07, 6.45) is 4.37. The fraction of sp³-hybridized carbons (Fsp3) is 0.318. The van der Waals surface area contributed by atoms with Crippen molar-refractivity contribution in [1.82, 2.24) is 0 Å². The van der Waals surface area contributed by atoms with Gasteiger partial charge in [0, 0.05) is 5.02 Å². The van der Waals surface area contributed by atoms with Crippen molar-refractivity contribution in [2.75, 3.05) is 38.0 Å². The molecular weight excluding hydrogens is 377 g/mol. The average Bonchev–Trinajstić information content (AvgIpc) is 2.71. The molecular formula is C22H27ClFN3O+2. The van der Waals surface area contributed by atoms with Crippen LogP contribution in [0.5, 0.6) is 0 Å². The number of hydrogen-bond acceptors (Lipinski definition) is 1. The minimum atomic E-state index is -0.512. The van der Waals surface area contributed by atoms with Crippen molar-refractivity contribution >= 4 is 29.3 Å². The van der Waals surface area contributed by atoms with Crippen molar-refractivity contribution < 1.29 is 19.0 Å². The zero-order valence-electron chi connectivity index (χ0n) is 16.1. The first-order valence-electron chi connectivity index (χ1n) is 9.68. The molecule has 0 aromatic heterocycles. The highest BCUT2D eigenvalue weighted by molar-refractivity contribution is 6.30. The molecule has 0 aliphatic carbocycles. The van der Waals surface area contributed by atoms with E-state index in [-0.39, 0.29) is 17.6 Å². The molecule has 1 heterocycles. The number of nitrogens with one attached hydrogen (secondary N) is 3. The highest BCUT2D eigenvalue weighted by atomic mass is 35.5. The molecule has 1 saturated heterocycles. The third-order valence-corrected chi connectivity index (χ3v) is 5.55. The molecule has 0 spiro atoms. The molecule has 1 atom stereocenters. The summed E-state index contributed by atoms with van der Waals surface area (Å²) in [4.78, 5) is 15.3. The van der Waals surface area contributed by atoms with Gasteiger partial charge in [-0.15, -0.1) is 0 Å². The second-order valence-corrected chi connectivity index (χ2v) is 7.70. The fourth-order valence-corrected chi connectivity index (χ4v) is 3.66. The summed E-state index contributed by atoms with van der Waals surface area (Å²) in [7, 11) is 0. The summed E-state index contributed by atoms with van der Waals surface area (Å²) in [5.41, 5.74) is 1.39. The number of quaternary nitrogens is 2. The number of piperazine rings is 1. The van der Waals surface area contributed by atoms with Crippen LogP contribution in [0.15, 0.2) is 54.6 Å². The Balaban J connectivity index is 1.46. The lowest BCUT2D eigenvalue weighted by molar-refractivity contribution is -1.02. The second kappa shape index (κ2) is 9.82. The highest BCUT2D eigenvalue weighted by Gasteiger charge is 2.30. The monoisotopic (exact) mass is 403 g/mol. The number of amides is 1. The summed E-state index contributed by atoms with van der Waals surface area (Å²) in [6.45, 7) is 6.76. The van der Waals surface area contributed by atoms with E-state index >= 15 is 0 Å². The van der Waals surface area contributed by atoms with Crippen molar-refractivity contribution in [3.8, 4) is 0 Å². The Morgan fingerprint density at radius 3 is 2.57 bits per heavy atom. The van der Waals surface area contributed by atoms with Gasteiger partial charge >= 0.3 is 0 Å². The number of rotatable bonds is 6. The summed E-state index contributed by atoms with van der Waals surface area (Å²) in [6, 6.07) is 14.3. The van der Waals surface area contributed by atoms with Gasteiger partial charge in [-0.1, -0.05) is 48.0 Å². The van der Waals surface area contributed by atoms with Crippen molar-refractivity contribution in [3.63, 3.8) is 0 Å². The molecule has 4 nitrogen and oxygen atoms in total. The third kappa shape index (κ3) is 5.64. The molecule has 2 aromatic rings. The molecule has 0 radical (unpaired) electrons. The lowest BCUT2D eigenvalue weighted by Crippen LogP contribution is -3.29. The van der Waals surface area contributed by atoms with Gasteiger partial charge in [0.1, 0.15) is 32.0 Å². The number of anilines is 1. The quantitative estimate of drug-likeness (QED) is 0.668. The lowest BCUT2D eigenvalue weighted by atomic mass is 10.2. The van der Waals surface area contributed by atoms with E-state index in [1.165, 1.54) is 27.5 Å². The Hall–Kier alpha value is -2.21. The van der Waals surface area contributed by atoms with Crippen molar-refractivity contribution in [1.29, 1.82) is 0 Å². The summed E-state index contributed by atoms with van der Waals surface area (Å²) in [5, 5.41) is 3.00. The molecule has 1 amide bonds. The molecule has 1 aliphatic rings. The first-order valence-corrected chi connectivity index (χ1v) is 10.1. The maximum Gasteiger partial charge on any atom is 0.282 e. The Bertz CT molecular complexity index is 820. The van der Waals surface area contributed by atoms with Gasteiger partial charge in [-0.05, 0) is 36.8 Å². The Labute approximate surface area is 170 Å². The van der Waals surface area contributed by atoms with Crippen LogP contribution in [-0.4, -0.2) is 44.7 Å². The van der Waals surface area contributed by atoms with E-state index in [0.717, 1.165) is 32.7 Å². The number of halogens is 2. The van der Waals surface area contributed by atoms with Gasteiger partial charge in [-0.2, -0.15) is 0 Å². The van der Waals surface area contributed by atoms with Crippen molar-refractivity contribution in [2.24, 2.45) is 0 Å². The molecule has 0 saturated carbocycles. The molecule has 0 unspecified atom stereocenters. The van der Waals surface area contributed by atoms with E-state index < -0.39 is 5.82 Å². The van der Waals surface area contributed by atoms with Crippen LogP contribution in [0.1, 0.15) is 12.5 Å². The topological polar surface area (TPSA) is 38.0 Å². The summed E-state index contributed by atoms with van der Waals surface area (Å²) in [5.74, 6) is -0.675.